The Balaban J connectivity index is 1.81. The molecular formula is C17H18FNOS. The zero-order valence-electron chi connectivity index (χ0n) is 11.8. The first kappa shape index (κ1) is 14.4. The summed E-state index contributed by atoms with van der Waals surface area (Å²) in [6, 6.07) is 12.5. The molecule has 0 spiro atoms. The number of benzene rings is 2. The van der Waals surface area contributed by atoms with Crippen LogP contribution in [-0.4, -0.2) is 10.9 Å². The van der Waals surface area contributed by atoms with Crippen molar-refractivity contribution in [1.29, 1.82) is 0 Å². The van der Waals surface area contributed by atoms with Gasteiger partial charge in [-0.15, -0.1) is 11.8 Å². The minimum absolute atomic E-state index is 0.0984. The zero-order chi connectivity index (χ0) is 14.8. The van der Waals surface area contributed by atoms with Crippen molar-refractivity contribution in [3.05, 3.63) is 59.4 Å². The Kier molecular flexibility index (Phi) is 4.17. The van der Waals surface area contributed by atoms with Crippen LogP contribution in [0.5, 0.6) is 5.75 Å². The Morgan fingerprint density at radius 1 is 1.29 bits per heavy atom. The topological polar surface area (TPSA) is 32.3 Å². The van der Waals surface area contributed by atoms with Crippen molar-refractivity contribution in [3.63, 3.8) is 0 Å². The monoisotopic (exact) mass is 303 g/mol. The molecule has 0 amide bonds. The van der Waals surface area contributed by atoms with Crippen LogP contribution in [0, 0.1) is 5.82 Å². The minimum Gasteiger partial charge on any atom is -0.508 e. The van der Waals surface area contributed by atoms with Crippen LogP contribution in [0.25, 0.3) is 0 Å². The maximum Gasteiger partial charge on any atom is 0.123 e. The number of halogens is 1. The van der Waals surface area contributed by atoms with E-state index in [-0.39, 0.29) is 23.7 Å². The molecule has 0 fully saturated rings. The Morgan fingerprint density at radius 3 is 2.95 bits per heavy atom. The summed E-state index contributed by atoms with van der Waals surface area (Å²) < 4.78 is 13.5. The molecule has 2 nitrogen and oxygen atoms in total. The van der Waals surface area contributed by atoms with Crippen LogP contribution in [0.1, 0.15) is 36.6 Å². The number of aromatic hydroxyl groups is 1. The van der Waals surface area contributed by atoms with Gasteiger partial charge in [-0.05, 0) is 60.6 Å². The molecule has 2 atom stereocenters. The molecule has 0 radical (unpaired) electrons. The van der Waals surface area contributed by atoms with Crippen LogP contribution in [0.15, 0.2) is 47.4 Å². The van der Waals surface area contributed by atoms with Crippen LogP contribution < -0.4 is 5.32 Å². The van der Waals surface area contributed by atoms with Crippen molar-refractivity contribution in [2.24, 2.45) is 0 Å². The Labute approximate surface area is 128 Å². The summed E-state index contributed by atoms with van der Waals surface area (Å²) in [4.78, 5) is 1.16. The quantitative estimate of drug-likeness (QED) is 0.880. The van der Waals surface area contributed by atoms with Crippen molar-refractivity contribution < 1.29 is 9.50 Å². The van der Waals surface area contributed by atoms with E-state index >= 15 is 0 Å². The third-order valence-electron chi connectivity index (χ3n) is 3.83. The number of fused-ring (bicyclic) bond motifs is 1. The summed E-state index contributed by atoms with van der Waals surface area (Å²) in [5.74, 6) is 1.11. The average Bonchev–Trinajstić information content (AvgIpc) is 2.48. The van der Waals surface area contributed by atoms with Gasteiger partial charge in [0.05, 0.1) is 0 Å². The molecule has 4 heteroatoms. The molecule has 1 aliphatic rings. The standard InChI is InChI=1S/C17H18FNOS/c1-11(12-3-2-4-14(20)9-12)19-16-7-8-21-17-6-5-13(18)10-15(16)17/h2-6,9-11,16,19-20H,7-8H2,1H3. The molecule has 3 rings (SSSR count). The zero-order valence-corrected chi connectivity index (χ0v) is 12.7. The maximum atomic E-state index is 13.5. The van der Waals surface area contributed by atoms with E-state index in [1.807, 2.05) is 18.2 Å². The second kappa shape index (κ2) is 6.08. The number of rotatable bonds is 3. The largest absolute Gasteiger partial charge is 0.508 e. The molecule has 0 saturated carbocycles. The van der Waals surface area contributed by atoms with Gasteiger partial charge in [-0.3, -0.25) is 0 Å². The maximum absolute atomic E-state index is 13.5. The molecule has 2 aromatic carbocycles. The summed E-state index contributed by atoms with van der Waals surface area (Å²) in [7, 11) is 0. The van der Waals surface area contributed by atoms with Crippen molar-refractivity contribution in [1.82, 2.24) is 5.32 Å². The lowest BCUT2D eigenvalue weighted by Crippen LogP contribution is -2.27. The molecule has 21 heavy (non-hydrogen) atoms. The fourth-order valence-corrected chi connectivity index (χ4v) is 3.84. The lowest BCUT2D eigenvalue weighted by molar-refractivity contribution is 0.442. The molecule has 0 aliphatic carbocycles. The predicted octanol–water partition coefficient (Wildman–Crippen LogP) is 4.42. The average molecular weight is 303 g/mol. The van der Waals surface area contributed by atoms with Crippen LogP contribution >= 0.6 is 11.8 Å². The fraction of sp³-hybridized carbons (Fsp3) is 0.294. The third kappa shape index (κ3) is 3.22. The Bertz CT molecular complexity index is 646. The smallest absolute Gasteiger partial charge is 0.123 e. The van der Waals surface area contributed by atoms with E-state index in [9.17, 15) is 9.50 Å². The minimum atomic E-state index is -0.187. The lowest BCUT2D eigenvalue weighted by atomic mass is 10.0. The molecule has 1 aliphatic heterocycles. The van der Waals surface area contributed by atoms with Crippen molar-refractivity contribution >= 4 is 11.8 Å². The molecular weight excluding hydrogens is 285 g/mol. The number of nitrogens with one attached hydrogen (secondary N) is 1. The SMILES string of the molecule is CC(NC1CCSc2ccc(F)cc21)c1cccc(O)c1. The van der Waals surface area contributed by atoms with Gasteiger partial charge in [0.25, 0.3) is 0 Å². The van der Waals surface area contributed by atoms with Crippen LogP contribution in [0.4, 0.5) is 4.39 Å². The summed E-state index contributed by atoms with van der Waals surface area (Å²) in [6.07, 6.45) is 0.976. The normalized spacial score (nSPS) is 19.0. The highest BCUT2D eigenvalue weighted by Crippen LogP contribution is 2.37. The summed E-state index contributed by atoms with van der Waals surface area (Å²) in [5, 5.41) is 13.1. The summed E-state index contributed by atoms with van der Waals surface area (Å²) >= 11 is 1.78. The molecule has 1 heterocycles. The fourth-order valence-electron chi connectivity index (χ4n) is 2.73. The highest BCUT2D eigenvalue weighted by molar-refractivity contribution is 7.99. The molecule has 110 valence electrons. The van der Waals surface area contributed by atoms with Crippen molar-refractivity contribution in [2.75, 3.05) is 5.75 Å². The van der Waals surface area contributed by atoms with Gasteiger partial charge in [0.15, 0.2) is 0 Å². The van der Waals surface area contributed by atoms with E-state index in [2.05, 4.69) is 12.2 Å². The Morgan fingerprint density at radius 2 is 2.14 bits per heavy atom. The van der Waals surface area contributed by atoms with E-state index in [4.69, 9.17) is 0 Å². The van der Waals surface area contributed by atoms with E-state index < -0.39 is 0 Å². The first-order valence-electron chi connectivity index (χ1n) is 7.11. The van der Waals surface area contributed by atoms with E-state index in [0.29, 0.717) is 0 Å². The van der Waals surface area contributed by atoms with Crippen LogP contribution in [0.3, 0.4) is 0 Å². The van der Waals surface area contributed by atoms with Crippen molar-refractivity contribution in [2.45, 2.75) is 30.3 Å². The predicted molar refractivity (Wildman–Crippen MR) is 84.1 cm³/mol. The lowest BCUT2D eigenvalue weighted by Gasteiger charge is -2.29. The second-order valence-electron chi connectivity index (χ2n) is 5.36. The number of hydrogen-bond acceptors (Lipinski definition) is 3. The summed E-state index contributed by atoms with van der Waals surface area (Å²) in [5.41, 5.74) is 2.07. The van der Waals surface area contributed by atoms with E-state index in [1.54, 1.807) is 30.0 Å². The third-order valence-corrected chi connectivity index (χ3v) is 4.96. The number of thioether (sulfide) groups is 1. The van der Waals surface area contributed by atoms with Crippen LogP contribution in [0.2, 0.25) is 0 Å². The molecule has 2 N–H and O–H groups in total. The summed E-state index contributed by atoms with van der Waals surface area (Å²) in [6.45, 7) is 2.06. The van der Waals surface area contributed by atoms with Gasteiger partial charge in [-0.1, -0.05) is 12.1 Å². The van der Waals surface area contributed by atoms with Gasteiger partial charge in [0, 0.05) is 17.0 Å². The van der Waals surface area contributed by atoms with Gasteiger partial charge >= 0.3 is 0 Å². The van der Waals surface area contributed by atoms with E-state index in [1.165, 1.54) is 6.07 Å². The number of phenolic OH excluding ortho intramolecular Hbond substituents is 1. The van der Waals surface area contributed by atoms with E-state index in [0.717, 1.165) is 28.2 Å². The highest BCUT2D eigenvalue weighted by Gasteiger charge is 2.23. The van der Waals surface area contributed by atoms with Gasteiger partial charge in [-0.25, -0.2) is 4.39 Å². The Hall–Kier alpha value is -1.52. The van der Waals surface area contributed by atoms with Crippen molar-refractivity contribution in [3.8, 4) is 5.75 Å². The van der Waals surface area contributed by atoms with Gasteiger partial charge in [0.2, 0.25) is 0 Å². The molecule has 0 bridgehead atoms. The van der Waals surface area contributed by atoms with Gasteiger partial charge in [-0.2, -0.15) is 0 Å². The number of hydrogen-bond donors (Lipinski definition) is 2. The molecule has 2 aromatic rings. The first-order chi connectivity index (χ1) is 10.1. The first-order valence-corrected chi connectivity index (χ1v) is 8.09. The van der Waals surface area contributed by atoms with Gasteiger partial charge in [0.1, 0.15) is 11.6 Å². The number of phenols is 1. The molecule has 0 aromatic heterocycles. The molecule has 0 saturated heterocycles. The second-order valence-corrected chi connectivity index (χ2v) is 6.49. The highest BCUT2D eigenvalue weighted by atomic mass is 32.2. The van der Waals surface area contributed by atoms with Crippen LogP contribution in [-0.2, 0) is 0 Å². The molecule has 2 unspecified atom stereocenters. The van der Waals surface area contributed by atoms with Gasteiger partial charge < -0.3 is 10.4 Å².